The van der Waals surface area contributed by atoms with Gasteiger partial charge in [0.15, 0.2) is 5.13 Å². The number of alkyl halides is 3. The minimum atomic E-state index is -4.86. The number of hydrogen-bond acceptors (Lipinski definition) is 6. The highest BCUT2D eigenvalue weighted by atomic mass is 32.1. The number of nitrogens with zero attached hydrogens (tertiary/aromatic N) is 2. The number of rotatable bonds is 4. The molecule has 0 aliphatic heterocycles. The highest BCUT2D eigenvalue weighted by Gasteiger charge is 2.34. The summed E-state index contributed by atoms with van der Waals surface area (Å²) >= 11 is 0.964. The van der Waals surface area contributed by atoms with Crippen molar-refractivity contribution in [1.29, 1.82) is 0 Å². The van der Waals surface area contributed by atoms with Gasteiger partial charge in [-0.3, -0.25) is 19.6 Å². The van der Waals surface area contributed by atoms with Crippen LogP contribution < -0.4 is 16.6 Å². The summed E-state index contributed by atoms with van der Waals surface area (Å²) in [5.74, 6) is -1.95. The van der Waals surface area contributed by atoms with Crippen molar-refractivity contribution in [3.05, 3.63) is 73.6 Å². The molecule has 3 heterocycles. The number of fused-ring (bicyclic) bond motifs is 1. The first-order chi connectivity index (χ1) is 15.1. The quantitative estimate of drug-likeness (QED) is 0.400. The number of anilines is 1. The first-order valence-electron chi connectivity index (χ1n) is 8.84. The van der Waals surface area contributed by atoms with Gasteiger partial charge in [-0.05, 0) is 29.8 Å². The van der Waals surface area contributed by atoms with E-state index in [4.69, 9.17) is 0 Å². The average Bonchev–Trinajstić information content (AvgIpc) is 3.15. The molecule has 0 fully saturated rings. The Morgan fingerprint density at radius 3 is 2.69 bits per heavy atom. The number of nitrogens with one attached hydrogen (secondary N) is 3. The van der Waals surface area contributed by atoms with Gasteiger partial charge in [0.05, 0.1) is 23.1 Å². The van der Waals surface area contributed by atoms with Gasteiger partial charge >= 0.3 is 11.9 Å². The fourth-order valence-electron chi connectivity index (χ4n) is 3.00. The first kappa shape index (κ1) is 21.4. The molecule has 0 saturated carbocycles. The van der Waals surface area contributed by atoms with Crippen LogP contribution in [0, 0.1) is 5.82 Å². The van der Waals surface area contributed by atoms with Crippen molar-refractivity contribution in [3.8, 4) is 11.3 Å². The van der Waals surface area contributed by atoms with Gasteiger partial charge in [-0.15, -0.1) is 11.3 Å². The molecule has 3 aromatic heterocycles. The van der Waals surface area contributed by atoms with Crippen LogP contribution in [0.25, 0.3) is 22.3 Å². The predicted octanol–water partition coefficient (Wildman–Crippen LogP) is 3.07. The molecule has 3 N–H and O–H groups in total. The number of aromatic amines is 2. The van der Waals surface area contributed by atoms with Crippen LogP contribution >= 0.6 is 11.3 Å². The molecule has 0 bridgehead atoms. The average molecular weight is 465 g/mol. The Bertz CT molecular complexity index is 1460. The second-order valence-corrected chi connectivity index (χ2v) is 7.42. The Balaban J connectivity index is 1.55. The third-order valence-corrected chi connectivity index (χ3v) is 5.15. The third kappa shape index (κ3) is 4.27. The summed E-state index contributed by atoms with van der Waals surface area (Å²) < 4.78 is 52.3. The van der Waals surface area contributed by atoms with E-state index in [1.165, 1.54) is 17.6 Å². The van der Waals surface area contributed by atoms with E-state index in [0.717, 1.165) is 17.4 Å². The molecule has 0 aliphatic rings. The summed E-state index contributed by atoms with van der Waals surface area (Å²) in [6.07, 6.45) is -3.78. The molecule has 4 rings (SSSR count). The van der Waals surface area contributed by atoms with Crippen molar-refractivity contribution >= 4 is 33.4 Å². The zero-order valence-corrected chi connectivity index (χ0v) is 16.5. The van der Waals surface area contributed by atoms with Crippen LogP contribution in [0.5, 0.6) is 0 Å². The second kappa shape index (κ2) is 8.00. The van der Waals surface area contributed by atoms with Gasteiger partial charge in [-0.1, -0.05) is 0 Å². The van der Waals surface area contributed by atoms with Gasteiger partial charge in [-0.25, -0.2) is 19.2 Å². The molecule has 13 heteroatoms. The van der Waals surface area contributed by atoms with Crippen molar-refractivity contribution in [2.24, 2.45) is 0 Å². The number of carbonyl (C=O) groups is 1. The molecule has 164 valence electrons. The van der Waals surface area contributed by atoms with Crippen LogP contribution in [0.4, 0.5) is 22.7 Å². The van der Waals surface area contributed by atoms with Crippen molar-refractivity contribution < 1.29 is 22.4 Å². The third-order valence-electron chi connectivity index (χ3n) is 4.39. The maximum Gasteiger partial charge on any atom is 0.419 e. The molecule has 1 aromatic carbocycles. The molecule has 0 unspecified atom stereocenters. The van der Waals surface area contributed by atoms with Gasteiger partial charge in [0.2, 0.25) is 5.91 Å². The Morgan fingerprint density at radius 2 is 1.94 bits per heavy atom. The number of carbonyl (C=O) groups excluding carboxylic acids is 1. The van der Waals surface area contributed by atoms with Gasteiger partial charge in [0.1, 0.15) is 11.5 Å². The molecule has 0 spiro atoms. The maximum atomic E-state index is 13.5. The van der Waals surface area contributed by atoms with E-state index in [0.29, 0.717) is 17.7 Å². The molecular weight excluding hydrogens is 454 g/mol. The number of benzene rings is 1. The topological polar surface area (TPSA) is 121 Å². The zero-order valence-electron chi connectivity index (χ0n) is 15.7. The smallest absolute Gasteiger partial charge is 0.302 e. The molecule has 4 aromatic rings. The zero-order chi connectivity index (χ0) is 23.0. The number of thiazole rings is 1. The van der Waals surface area contributed by atoms with Crippen molar-refractivity contribution in [2.75, 3.05) is 5.32 Å². The fraction of sp³-hybridized carbons (Fsp3) is 0.105. The van der Waals surface area contributed by atoms with Gasteiger partial charge in [-0.2, -0.15) is 13.2 Å². The number of hydrogen-bond donors (Lipinski definition) is 3. The lowest BCUT2D eigenvalue weighted by Crippen LogP contribution is -2.24. The number of aromatic nitrogens is 4. The fourth-order valence-corrected chi connectivity index (χ4v) is 3.74. The molecule has 0 saturated heterocycles. The van der Waals surface area contributed by atoms with Gasteiger partial charge < -0.3 is 5.32 Å². The standard InChI is InChI=1S/C19H11F4N5O3S/c20-11-2-1-8(5-10(11)19(21,22)23)12-7-32-18(25-12)26-13(29)6-9-3-4-24-15-14(9)16(30)28-17(31)27-15/h1-5,7H,6H2,(H,25,26,29)(H2,24,27,28,30,31). The summed E-state index contributed by atoms with van der Waals surface area (Å²) in [5, 5.41) is 4.07. The number of pyridine rings is 1. The number of H-pyrrole nitrogens is 2. The lowest BCUT2D eigenvalue weighted by Gasteiger charge is -2.09. The Labute approximate surface area is 179 Å². The number of halogens is 4. The van der Waals surface area contributed by atoms with E-state index in [1.54, 1.807) is 0 Å². The van der Waals surface area contributed by atoms with Crippen LogP contribution in [0.15, 0.2) is 45.4 Å². The van der Waals surface area contributed by atoms with E-state index >= 15 is 0 Å². The van der Waals surface area contributed by atoms with Crippen LogP contribution in [0.3, 0.4) is 0 Å². The molecule has 32 heavy (non-hydrogen) atoms. The minimum Gasteiger partial charge on any atom is -0.302 e. The largest absolute Gasteiger partial charge is 0.419 e. The molecular formula is C19H11F4N5O3S. The van der Waals surface area contributed by atoms with Crippen LogP contribution in [-0.4, -0.2) is 25.8 Å². The summed E-state index contributed by atoms with van der Waals surface area (Å²) in [6, 6.07) is 3.94. The lowest BCUT2D eigenvalue weighted by atomic mass is 10.1. The van der Waals surface area contributed by atoms with Crippen LogP contribution in [0.2, 0.25) is 0 Å². The van der Waals surface area contributed by atoms with Crippen LogP contribution in [0.1, 0.15) is 11.1 Å². The van der Waals surface area contributed by atoms with Crippen molar-refractivity contribution in [3.63, 3.8) is 0 Å². The molecule has 0 radical (unpaired) electrons. The van der Waals surface area contributed by atoms with E-state index in [2.05, 4.69) is 25.3 Å². The van der Waals surface area contributed by atoms with Gasteiger partial charge in [0, 0.05) is 17.1 Å². The van der Waals surface area contributed by atoms with E-state index in [9.17, 15) is 31.9 Å². The highest BCUT2D eigenvalue weighted by molar-refractivity contribution is 7.14. The Hall–Kier alpha value is -3.87. The summed E-state index contributed by atoms with van der Waals surface area (Å²) in [4.78, 5) is 48.3. The van der Waals surface area contributed by atoms with E-state index < -0.39 is 34.7 Å². The molecule has 0 atom stereocenters. The monoisotopic (exact) mass is 465 g/mol. The number of amides is 1. The normalized spacial score (nSPS) is 11.6. The van der Waals surface area contributed by atoms with Gasteiger partial charge in [0.25, 0.3) is 5.56 Å². The van der Waals surface area contributed by atoms with E-state index in [1.807, 2.05) is 0 Å². The maximum absolute atomic E-state index is 13.5. The summed E-state index contributed by atoms with van der Waals surface area (Å²) in [6.45, 7) is 0. The predicted molar refractivity (Wildman–Crippen MR) is 108 cm³/mol. The highest BCUT2D eigenvalue weighted by Crippen LogP contribution is 2.35. The van der Waals surface area contributed by atoms with Crippen molar-refractivity contribution in [2.45, 2.75) is 12.6 Å². The SMILES string of the molecule is O=C(Cc1ccnc2[nH]c(=O)[nH]c(=O)c12)Nc1nc(-c2ccc(F)c(C(F)(F)F)c2)cs1. The van der Waals surface area contributed by atoms with Crippen molar-refractivity contribution in [1.82, 2.24) is 19.9 Å². The van der Waals surface area contributed by atoms with Crippen LogP contribution in [-0.2, 0) is 17.4 Å². The summed E-state index contributed by atoms with van der Waals surface area (Å²) in [7, 11) is 0. The Morgan fingerprint density at radius 1 is 1.16 bits per heavy atom. The second-order valence-electron chi connectivity index (χ2n) is 6.56. The molecule has 1 amide bonds. The minimum absolute atomic E-state index is 0.0253. The Kier molecular flexibility index (Phi) is 5.34. The summed E-state index contributed by atoms with van der Waals surface area (Å²) in [5.41, 5.74) is -2.37. The molecule has 0 aliphatic carbocycles. The first-order valence-corrected chi connectivity index (χ1v) is 9.72. The van der Waals surface area contributed by atoms with E-state index in [-0.39, 0.29) is 33.8 Å². The molecule has 8 nitrogen and oxygen atoms in total. The lowest BCUT2D eigenvalue weighted by molar-refractivity contribution is -0.140.